The maximum absolute atomic E-state index is 6.03. The molecule has 0 aromatic carbocycles. The molecule has 14 heavy (non-hydrogen) atoms. The monoisotopic (exact) mass is 193 g/mol. The first-order valence-electron chi connectivity index (χ1n) is 5.51. The van der Waals surface area contributed by atoms with E-state index in [1.165, 1.54) is 32.1 Å². The molecule has 0 amide bonds. The lowest BCUT2D eigenvalue weighted by atomic mass is 9.96. The van der Waals surface area contributed by atoms with Crippen LogP contribution < -0.4 is 5.73 Å². The summed E-state index contributed by atoms with van der Waals surface area (Å²) in [6.45, 7) is 4.09. The average molecular weight is 193 g/mol. The third-order valence-electron chi connectivity index (χ3n) is 3.35. The number of hydrogen-bond acceptors (Lipinski definition) is 2. The van der Waals surface area contributed by atoms with Gasteiger partial charge in [-0.3, -0.25) is 0 Å². The van der Waals surface area contributed by atoms with E-state index < -0.39 is 0 Å². The number of nitrogen functional groups attached to an aromatic ring is 1. The van der Waals surface area contributed by atoms with Gasteiger partial charge in [0.15, 0.2) is 0 Å². The van der Waals surface area contributed by atoms with Gasteiger partial charge in [0.25, 0.3) is 0 Å². The number of hydrogen-bond donors (Lipinski definition) is 1. The molecular weight excluding hydrogens is 174 g/mol. The van der Waals surface area contributed by atoms with Crippen LogP contribution in [0.3, 0.4) is 0 Å². The molecule has 0 saturated heterocycles. The van der Waals surface area contributed by atoms with Crippen molar-refractivity contribution in [1.82, 2.24) is 9.78 Å². The van der Waals surface area contributed by atoms with E-state index in [0.717, 1.165) is 17.1 Å². The fourth-order valence-electron chi connectivity index (χ4n) is 2.25. The maximum Gasteiger partial charge on any atom is 0.125 e. The predicted molar refractivity (Wildman–Crippen MR) is 58.2 cm³/mol. The smallest absolute Gasteiger partial charge is 0.125 e. The van der Waals surface area contributed by atoms with E-state index in [1.807, 2.05) is 11.6 Å². The molecule has 0 radical (unpaired) electrons. The molecule has 1 aliphatic rings. The summed E-state index contributed by atoms with van der Waals surface area (Å²) in [6.07, 6.45) is 6.50. The van der Waals surface area contributed by atoms with Gasteiger partial charge in [-0.05, 0) is 26.7 Å². The van der Waals surface area contributed by atoms with Crippen LogP contribution in [0.5, 0.6) is 0 Å². The SMILES string of the molecule is Cc1nn(C2CCCCC2)c(N)c1C. The molecule has 0 bridgehead atoms. The Bertz CT molecular complexity index is 322. The molecule has 0 unspecified atom stereocenters. The van der Waals surface area contributed by atoms with E-state index in [0.29, 0.717) is 6.04 Å². The van der Waals surface area contributed by atoms with E-state index in [9.17, 15) is 0 Å². The van der Waals surface area contributed by atoms with Crippen LogP contribution >= 0.6 is 0 Å². The highest BCUT2D eigenvalue weighted by Crippen LogP contribution is 2.30. The molecule has 1 aromatic rings. The van der Waals surface area contributed by atoms with Crippen LogP contribution in [-0.4, -0.2) is 9.78 Å². The molecule has 2 N–H and O–H groups in total. The normalized spacial score (nSPS) is 18.7. The second kappa shape index (κ2) is 3.64. The van der Waals surface area contributed by atoms with Crippen LogP contribution in [0.4, 0.5) is 5.82 Å². The van der Waals surface area contributed by atoms with Crippen molar-refractivity contribution >= 4 is 5.82 Å². The van der Waals surface area contributed by atoms with E-state index >= 15 is 0 Å². The second-order valence-corrected chi connectivity index (χ2v) is 4.33. The van der Waals surface area contributed by atoms with Gasteiger partial charge < -0.3 is 5.73 Å². The molecule has 0 spiro atoms. The lowest BCUT2D eigenvalue weighted by Crippen LogP contribution is -2.16. The second-order valence-electron chi connectivity index (χ2n) is 4.33. The topological polar surface area (TPSA) is 43.8 Å². The molecule has 0 aliphatic heterocycles. The van der Waals surface area contributed by atoms with Gasteiger partial charge in [-0.1, -0.05) is 19.3 Å². The van der Waals surface area contributed by atoms with Crippen molar-refractivity contribution in [3.63, 3.8) is 0 Å². The Morgan fingerprint density at radius 1 is 1.21 bits per heavy atom. The quantitative estimate of drug-likeness (QED) is 0.745. The predicted octanol–water partition coefficient (Wildman–Crippen LogP) is 2.59. The highest BCUT2D eigenvalue weighted by atomic mass is 15.3. The molecule has 3 nitrogen and oxygen atoms in total. The summed E-state index contributed by atoms with van der Waals surface area (Å²) in [5.74, 6) is 0.870. The van der Waals surface area contributed by atoms with Gasteiger partial charge in [0.2, 0.25) is 0 Å². The minimum atomic E-state index is 0.552. The first-order chi connectivity index (χ1) is 6.70. The summed E-state index contributed by atoms with van der Waals surface area (Å²) in [4.78, 5) is 0. The molecule has 2 rings (SSSR count). The van der Waals surface area contributed by atoms with Gasteiger partial charge in [-0.15, -0.1) is 0 Å². The molecular formula is C11H19N3. The van der Waals surface area contributed by atoms with Gasteiger partial charge in [0.1, 0.15) is 5.82 Å². The number of nitrogens with zero attached hydrogens (tertiary/aromatic N) is 2. The van der Waals surface area contributed by atoms with Crippen LogP contribution in [-0.2, 0) is 0 Å². The van der Waals surface area contributed by atoms with Crippen LogP contribution in [0, 0.1) is 13.8 Å². The van der Waals surface area contributed by atoms with Gasteiger partial charge in [-0.25, -0.2) is 4.68 Å². The third kappa shape index (κ3) is 1.51. The molecule has 1 aromatic heterocycles. The fraction of sp³-hybridized carbons (Fsp3) is 0.727. The number of aromatic nitrogens is 2. The van der Waals surface area contributed by atoms with E-state index in [1.54, 1.807) is 0 Å². The maximum atomic E-state index is 6.03. The molecule has 0 atom stereocenters. The summed E-state index contributed by atoms with van der Waals surface area (Å²) in [6, 6.07) is 0.552. The van der Waals surface area contributed by atoms with Crippen LogP contribution in [0.15, 0.2) is 0 Å². The Hall–Kier alpha value is -0.990. The van der Waals surface area contributed by atoms with Crippen molar-refractivity contribution in [3.8, 4) is 0 Å². The lowest BCUT2D eigenvalue weighted by molar-refractivity contribution is 0.332. The van der Waals surface area contributed by atoms with E-state index in [-0.39, 0.29) is 0 Å². The van der Waals surface area contributed by atoms with Crippen LogP contribution in [0.25, 0.3) is 0 Å². The summed E-state index contributed by atoms with van der Waals surface area (Å²) >= 11 is 0. The zero-order valence-corrected chi connectivity index (χ0v) is 9.08. The molecule has 1 heterocycles. The highest BCUT2D eigenvalue weighted by molar-refractivity contribution is 5.42. The Kier molecular flexibility index (Phi) is 2.48. The Morgan fingerprint density at radius 3 is 2.36 bits per heavy atom. The number of nitrogens with two attached hydrogens (primary N) is 1. The van der Waals surface area contributed by atoms with Crippen molar-refractivity contribution < 1.29 is 0 Å². The van der Waals surface area contributed by atoms with E-state index in [2.05, 4.69) is 12.0 Å². The van der Waals surface area contributed by atoms with Crippen LogP contribution in [0.1, 0.15) is 49.4 Å². The van der Waals surface area contributed by atoms with Crippen molar-refractivity contribution in [2.75, 3.05) is 5.73 Å². The van der Waals surface area contributed by atoms with Crippen molar-refractivity contribution in [1.29, 1.82) is 0 Å². The summed E-state index contributed by atoms with van der Waals surface area (Å²) in [5.41, 5.74) is 8.26. The molecule has 3 heteroatoms. The third-order valence-corrected chi connectivity index (χ3v) is 3.35. The largest absolute Gasteiger partial charge is 0.384 e. The molecule has 1 aliphatic carbocycles. The summed E-state index contributed by atoms with van der Waals surface area (Å²) in [7, 11) is 0. The zero-order chi connectivity index (χ0) is 10.1. The molecule has 1 fully saturated rings. The van der Waals surface area contributed by atoms with Crippen molar-refractivity contribution in [3.05, 3.63) is 11.3 Å². The summed E-state index contributed by atoms with van der Waals surface area (Å²) < 4.78 is 2.05. The van der Waals surface area contributed by atoms with Crippen molar-refractivity contribution in [2.45, 2.75) is 52.0 Å². The van der Waals surface area contributed by atoms with Crippen molar-refractivity contribution in [2.24, 2.45) is 0 Å². The minimum absolute atomic E-state index is 0.552. The number of aryl methyl sites for hydroxylation is 1. The standard InChI is InChI=1S/C11H19N3/c1-8-9(2)13-14(11(8)12)10-6-4-3-5-7-10/h10H,3-7,12H2,1-2H3. The number of anilines is 1. The van der Waals surface area contributed by atoms with Gasteiger partial charge in [-0.2, -0.15) is 5.10 Å². The first-order valence-corrected chi connectivity index (χ1v) is 5.51. The minimum Gasteiger partial charge on any atom is -0.384 e. The highest BCUT2D eigenvalue weighted by Gasteiger charge is 2.19. The zero-order valence-electron chi connectivity index (χ0n) is 9.08. The Labute approximate surface area is 85.3 Å². The average Bonchev–Trinajstić information content (AvgIpc) is 2.47. The van der Waals surface area contributed by atoms with E-state index in [4.69, 9.17) is 5.73 Å². The summed E-state index contributed by atoms with van der Waals surface area (Å²) in [5, 5.41) is 4.53. The lowest BCUT2D eigenvalue weighted by Gasteiger charge is -2.22. The first kappa shape index (κ1) is 9.56. The number of rotatable bonds is 1. The van der Waals surface area contributed by atoms with Gasteiger partial charge in [0.05, 0.1) is 11.7 Å². The van der Waals surface area contributed by atoms with Gasteiger partial charge in [0, 0.05) is 5.56 Å². The fourth-order valence-corrected chi connectivity index (χ4v) is 2.25. The molecule has 78 valence electrons. The Morgan fingerprint density at radius 2 is 1.86 bits per heavy atom. The van der Waals surface area contributed by atoms with Crippen LogP contribution in [0.2, 0.25) is 0 Å². The van der Waals surface area contributed by atoms with Gasteiger partial charge >= 0.3 is 0 Å². The Balaban J connectivity index is 2.26. The molecule has 1 saturated carbocycles.